The number of benzene rings is 1. The molecule has 0 saturated carbocycles. The fraction of sp³-hybridized carbons (Fsp3) is 0.375. The molecule has 0 radical (unpaired) electrons. The number of Topliss-reactive ketones (excluding diaryl/α,β-unsaturated/α-hetero) is 1. The molecule has 0 aliphatic rings. The number of H-pyrrole nitrogens is 1. The number of carbonyl (C=O) groups excluding carboxylic acids is 2. The molecular formula is C16H21ClN2O5. The summed E-state index contributed by atoms with van der Waals surface area (Å²) in [5.74, 6) is -0.0835. The Morgan fingerprint density at radius 3 is 2.54 bits per heavy atom. The van der Waals surface area contributed by atoms with Crippen molar-refractivity contribution in [2.75, 3.05) is 13.7 Å². The summed E-state index contributed by atoms with van der Waals surface area (Å²) in [6, 6.07) is 4.45. The lowest BCUT2D eigenvalue weighted by atomic mass is 10.0. The Balaban J connectivity index is 0.00000288. The SMILES string of the molecule is COC(=O)Oc1cc2c(C(=O)CNC(C)(C)C)ccc(O)c2[nH]1.Cl. The van der Waals surface area contributed by atoms with Gasteiger partial charge in [-0.3, -0.25) is 4.79 Å². The van der Waals surface area contributed by atoms with E-state index in [1.54, 1.807) is 6.07 Å². The maximum Gasteiger partial charge on any atom is 0.514 e. The van der Waals surface area contributed by atoms with Crippen molar-refractivity contribution in [3.8, 4) is 11.6 Å². The molecule has 0 spiro atoms. The van der Waals surface area contributed by atoms with E-state index < -0.39 is 6.16 Å². The molecule has 0 aliphatic heterocycles. The molecule has 7 nitrogen and oxygen atoms in total. The molecule has 0 aliphatic carbocycles. The number of phenols is 1. The van der Waals surface area contributed by atoms with Gasteiger partial charge < -0.3 is 24.9 Å². The predicted octanol–water partition coefficient (Wildman–Crippen LogP) is 3.01. The summed E-state index contributed by atoms with van der Waals surface area (Å²) >= 11 is 0. The number of ether oxygens (including phenoxy) is 2. The molecule has 0 saturated heterocycles. The van der Waals surface area contributed by atoms with Crippen LogP contribution in [0.25, 0.3) is 10.9 Å². The van der Waals surface area contributed by atoms with Crippen molar-refractivity contribution in [2.45, 2.75) is 26.3 Å². The van der Waals surface area contributed by atoms with Crippen LogP contribution in [0.5, 0.6) is 11.6 Å². The zero-order chi connectivity index (χ0) is 17.2. The fourth-order valence-electron chi connectivity index (χ4n) is 2.05. The normalized spacial score (nSPS) is 11.0. The van der Waals surface area contributed by atoms with Crippen LogP contribution in [0.3, 0.4) is 0 Å². The molecule has 2 aromatic rings. The van der Waals surface area contributed by atoms with Gasteiger partial charge in [0.15, 0.2) is 5.78 Å². The van der Waals surface area contributed by atoms with Crippen LogP contribution in [0.15, 0.2) is 18.2 Å². The van der Waals surface area contributed by atoms with Gasteiger partial charge in [-0.05, 0) is 32.9 Å². The van der Waals surface area contributed by atoms with E-state index in [0.29, 0.717) is 16.5 Å². The summed E-state index contributed by atoms with van der Waals surface area (Å²) in [5, 5.41) is 13.5. The molecule has 8 heteroatoms. The van der Waals surface area contributed by atoms with E-state index in [0.717, 1.165) is 0 Å². The molecule has 0 unspecified atom stereocenters. The number of fused-ring (bicyclic) bond motifs is 1. The zero-order valence-corrected chi connectivity index (χ0v) is 14.7. The second-order valence-electron chi connectivity index (χ2n) is 6.14. The highest BCUT2D eigenvalue weighted by Crippen LogP contribution is 2.31. The van der Waals surface area contributed by atoms with Crippen LogP contribution in [-0.4, -0.2) is 41.2 Å². The number of rotatable bonds is 4. The molecule has 1 heterocycles. The van der Waals surface area contributed by atoms with Gasteiger partial charge in [0.2, 0.25) is 5.88 Å². The lowest BCUT2D eigenvalue weighted by Gasteiger charge is -2.19. The van der Waals surface area contributed by atoms with Gasteiger partial charge >= 0.3 is 6.16 Å². The summed E-state index contributed by atoms with van der Waals surface area (Å²) in [6.07, 6.45) is -0.890. The zero-order valence-electron chi connectivity index (χ0n) is 13.9. The van der Waals surface area contributed by atoms with Crippen LogP contribution in [0.4, 0.5) is 4.79 Å². The van der Waals surface area contributed by atoms with E-state index in [1.165, 1.54) is 19.2 Å². The molecule has 1 aromatic heterocycles. The average molecular weight is 357 g/mol. The van der Waals surface area contributed by atoms with Crippen LogP contribution in [0, 0.1) is 0 Å². The highest BCUT2D eigenvalue weighted by Gasteiger charge is 2.18. The summed E-state index contributed by atoms with van der Waals surface area (Å²) in [7, 11) is 1.19. The third-order valence-electron chi connectivity index (χ3n) is 3.19. The largest absolute Gasteiger partial charge is 0.514 e. The number of phenolic OH excluding ortho intramolecular Hbond substituents is 1. The summed E-state index contributed by atoms with van der Waals surface area (Å²) < 4.78 is 9.31. The van der Waals surface area contributed by atoms with Gasteiger partial charge in [-0.2, -0.15) is 0 Å². The van der Waals surface area contributed by atoms with Gasteiger partial charge in [0.25, 0.3) is 0 Å². The van der Waals surface area contributed by atoms with Crippen molar-refractivity contribution in [2.24, 2.45) is 0 Å². The van der Waals surface area contributed by atoms with Gasteiger partial charge in [-0.25, -0.2) is 4.79 Å². The standard InChI is InChI=1S/C16H20N2O5.ClH/c1-16(2,3)17-8-12(20)9-5-6-11(19)14-10(9)7-13(18-14)23-15(21)22-4;/h5-7,17-19H,8H2,1-4H3;1H. The van der Waals surface area contributed by atoms with Crippen molar-refractivity contribution in [1.29, 1.82) is 0 Å². The highest BCUT2D eigenvalue weighted by atomic mass is 35.5. The number of hydrogen-bond donors (Lipinski definition) is 3. The Kier molecular flexibility index (Phi) is 6.22. The number of halogens is 1. The van der Waals surface area contributed by atoms with Gasteiger partial charge in [0, 0.05) is 22.6 Å². The highest BCUT2D eigenvalue weighted by molar-refractivity contribution is 6.10. The lowest BCUT2D eigenvalue weighted by Crippen LogP contribution is -2.39. The molecule has 0 fully saturated rings. The third kappa shape index (κ3) is 4.62. The van der Waals surface area contributed by atoms with Crippen LogP contribution in [0.2, 0.25) is 0 Å². The van der Waals surface area contributed by atoms with Gasteiger partial charge in [0.05, 0.1) is 19.2 Å². The van der Waals surface area contributed by atoms with Gasteiger partial charge in [0.1, 0.15) is 5.75 Å². The number of nitrogens with one attached hydrogen (secondary N) is 2. The van der Waals surface area contributed by atoms with Gasteiger partial charge in [-0.1, -0.05) is 0 Å². The second-order valence-corrected chi connectivity index (χ2v) is 6.14. The number of carbonyl (C=O) groups is 2. The average Bonchev–Trinajstić information content (AvgIpc) is 2.88. The monoisotopic (exact) mass is 356 g/mol. The van der Waals surface area contributed by atoms with Crippen LogP contribution in [-0.2, 0) is 4.74 Å². The minimum absolute atomic E-state index is 0. The Morgan fingerprint density at radius 2 is 1.96 bits per heavy atom. The smallest absolute Gasteiger partial charge is 0.506 e. The van der Waals surface area contributed by atoms with E-state index in [1.807, 2.05) is 20.8 Å². The maximum absolute atomic E-state index is 12.4. The first-order valence-electron chi connectivity index (χ1n) is 7.10. The van der Waals surface area contributed by atoms with E-state index in [2.05, 4.69) is 15.0 Å². The Labute approximate surface area is 145 Å². The molecular weight excluding hydrogens is 336 g/mol. The number of ketones is 1. The Bertz CT molecular complexity index is 749. The number of methoxy groups -OCH3 is 1. The lowest BCUT2D eigenvalue weighted by molar-refractivity contribution is 0.0983. The molecule has 2 rings (SSSR count). The molecule has 0 amide bonds. The van der Waals surface area contributed by atoms with Crippen molar-refractivity contribution in [1.82, 2.24) is 10.3 Å². The topological polar surface area (TPSA) is 101 Å². The Morgan fingerprint density at radius 1 is 1.29 bits per heavy atom. The van der Waals surface area contributed by atoms with E-state index in [9.17, 15) is 14.7 Å². The second kappa shape index (κ2) is 7.55. The minimum Gasteiger partial charge on any atom is -0.506 e. The van der Waals surface area contributed by atoms with Crippen LogP contribution >= 0.6 is 12.4 Å². The third-order valence-corrected chi connectivity index (χ3v) is 3.19. The van der Waals surface area contributed by atoms with E-state index in [4.69, 9.17) is 4.74 Å². The molecule has 0 atom stereocenters. The van der Waals surface area contributed by atoms with Gasteiger partial charge in [-0.15, -0.1) is 12.4 Å². The van der Waals surface area contributed by atoms with Crippen molar-refractivity contribution < 1.29 is 24.2 Å². The van der Waals surface area contributed by atoms with Crippen molar-refractivity contribution in [3.63, 3.8) is 0 Å². The van der Waals surface area contributed by atoms with Crippen molar-refractivity contribution >= 4 is 35.2 Å². The van der Waals surface area contributed by atoms with Crippen molar-refractivity contribution in [3.05, 3.63) is 23.8 Å². The number of hydrogen-bond acceptors (Lipinski definition) is 6. The van der Waals surface area contributed by atoms with E-state index in [-0.39, 0.29) is 41.9 Å². The number of aromatic nitrogens is 1. The molecule has 0 bridgehead atoms. The first-order valence-corrected chi connectivity index (χ1v) is 7.10. The Hall–Kier alpha value is -2.25. The molecule has 1 aromatic carbocycles. The molecule has 3 N–H and O–H groups in total. The first kappa shape index (κ1) is 19.8. The molecule has 24 heavy (non-hydrogen) atoms. The minimum atomic E-state index is -0.890. The summed E-state index contributed by atoms with van der Waals surface area (Å²) in [4.78, 5) is 26.3. The quantitative estimate of drug-likeness (QED) is 0.575. The molecule has 132 valence electrons. The number of aromatic hydroxyl groups is 1. The van der Waals surface area contributed by atoms with Crippen LogP contribution in [0.1, 0.15) is 31.1 Å². The van der Waals surface area contributed by atoms with Crippen LogP contribution < -0.4 is 10.1 Å². The summed E-state index contributed by atoms with van der Waals surface area (Å²) in [6.45, 7) is 6.05. The summed E-state index contributed by atoms with van der Waals surface area (Å²) in [5.41, 5.74) is 0.555. The number of aromatic amines is 1. The van der Waals surface area contributed by atoms with E-state index >= 15 is 0 Å². The fourth-order valence-corrected chi connectivity index (χ4v) is 2.05. The predicted molar refractivity (Wildman–Crippen MR) is 92.3 cm³/mol. The maximum atomic E-state index is 12.4. The first-order chi connectivity index (χ1) is 10.7.